The van der Waals surface area contributed by atoms with Crippen molar-refractivity contribution in [2.45, 2.75) is 19.3 Å². The summed E-state index contributed by atoms with van der Waals surface area (Å²) in [6.07, 6.45) is 10.1. The zero-order chi connectivity index (χ0) is 5.82. The molecule has 0 N–H and O–H groups in total. The van der Waals surface area contributed by atoms with Gasteiger partial charge in [-0.05, 0) is 0 Å². The van der Waals surface area contributed by atoms with Crippen LogP contribution in [0.1, 0.15) is 19.3 Å². The van der Waals surface area contributed by atoms with Gasteiger partial charge < -0.3 is 6.42 Å². The van der Waals surface area contributed by atoms with Crippen LogP contribution in [0.25, 0.3) is 0 Å². The Morgan fingerprint density at radius 1 is 1.67 bits per heavy atom. The maximum Gasteiger partial charge on any atom is 1.00 e. The second kappa shape index (κ2) is 5.87. The van der Waals surface area contributed by atoms with Crippen LogP contribution in [0, 0.1) is 6.42 Å². The minimum Gasteiger partial charge on any atom is -0.324 e. The van der Waals surface area contributed by atoms with Gasteiger partial charge in [-0.25, -0.2) is 0 Å². The normalized spacial score (nSPS) is 17.6. The summed E-state index contributed by atoms with van der Waals surface area (Å²) in [5.41, 5.74) is 1.41. The molecule has 0 radical (unpaired) electrons. The van der Waals surface area contributed by atoms with E-state index in [-0.39, 0.29) is 51.4 Å². The second-order valence-electron chi connectivity index (χ2n) is 2.05. The molecule has 0 spiro atoms. The minimum absolute atomic E-state index is 0. The van der Waals surface area contributed by atoms with E-state index in [4.69, 9.17) is 0 Å². The van der Waals surface area contributed by atoms with Crippen LogP contribution in [0.2, 0.25) is 0 Å². The van der Waals surface area contributed by atoms with Crippen molar-refractivity contribution in [2.24, 2.45) is 0 Å². The molecule has 0 aromatic heterocycles. The van der Waals surface area contributed by atoms with Crippen LogP contribution in [-0.2, 0) is 0 Å². The van der Waals surface area contributed by atoms with Crippen molar-refractivity contribution in [2.75, 3.05) is 0 Å². The van der Waals surface area contributed by atoms with Gasteiger partial charge in [0.2, 0.25) is 0 Å². The average Bonchev–Trinajstić information content (AvgIpc) is 1.90. The number of allylic oxidation sites excluding steroid dienone is 3. The second-order valence-corrected chi connectivity index (χ2v) is 2.05. The largest absolute Gasteiger partial charge is 1.00 e. The molecule has 0 nitrogen and oxygen atoms in total. The van der Waals surface area contributed by atoms with Gasteiger partial charge in [0.1, 0.15) is 0 Å². The Balaban J connectivity index is 0.000000640. The molecule has 0 amide bonds. The third kappa shape index (κ3) is 3.74. The molecule has 0 aliphatic heterocycles. The Bertz CT molecular complexity index is 114. The first-order valence-corrected chi connectivity index (χ1v) is 3.06. The van der Waals surface area contributed by atoms with Crippen molar-refractivity contribution in [1.82, 2.24) is 0 Å². The third-order valence-corrected chi connectivity index (χ3v) is 1.45. The van der Waals surface area contributed by atoms with Crippen molar-refractivity contribution in [3.63, 3.8) is 0 Å². The van der Waals surface area contributed by atoms with E-state index < -0.39 is 0 Å². The van der Waals surface area contributed by atoms with Crippen LogP contribution < -0.4 is 51.4 Å². The number of rotatable bonds is 1. The molecule has 0 heterocycles. The van der Waals surface area contributed by atoms with Crippen molar-refractivity contribution in [3.05, 3.63) is 30.7 Å². The van der Waals surface area contributed by atoms with E-state index in [0.717, 1.165) is 6.42 Å². The monoisotopic (exact) mass is 146 g/mol. The van der Waals surface area contributed by atoms with Crippen LogP contribution in [0.5, 0.6) is 0 Å². The molecule has 0 aromatic carbocycles. The number of hydrogen-bond acceptors (Lipinski definition) is 0. The summed E-state index contributed by atoms with van der Waals surface area (Å²) in [5, 5.41) is 0. The molecule has 0 aromatic rings. The molecule has 44 valence electrons. The Hall–Kier alpha value is 1.12. The Labute approximate surface area is 99.8 Å². The molecule has 0 saturated heterocycles. The van der Waals surface area contributed by atoms with Gasteiger partial charge in [0.15, 0.2) is 0 Å². The summed E-state index contributed by atoms with van der Waals surface area (Å²) in [6, 6.07) is 0. The quantitative estimate of drug-likeness (QED) is 0.345. The van der Waals surface area contributed by atoms with Crippen LogP contribution >= 0.6 is 0 Å². The topological polar surface area (TPSA) is 0 Å². The van der Waals surface area contributed by atoms with Crippen LogP contribution in [0.15, 0.2) is 24.3 Å². The summed E-state index contributed by atoms with van der Waals surface area (Å²) in [5.74, 6) is 0. The zero-order valence-corrected chi connectivity index (χ0v) is 9.18. The van der Waals surface area contributed by atoms with E-state index in [0.29, 0.717) is 0 Å². The van der Waals surface area contributed by atoms with Crippen molar-refractivity contribution in [1.29, 1.82) is 0 Å². The van der Waals surface area contributed by atoms with Gasteiger partial charge >= 0.3 is 51.4 Å². The summed E-state index contributed by atoms with van der Waals surface area (Å²) < 4.78 is 0. The van der Waals surface area contributed by atoms with Gasteiger partial charge in [0, 0.05) is 0 Å². The van der Waals surface area contributed by atoms with E-state index >= 15 is 0 Å². The van der Waals surface area contributed by atoms with Crippen LogP contribution in [-0.4, -0.2) is 0 Å². The fourth-order valence-corrected chi connectivity index (χ4v) is 0.909. The predicted octanol–water partition coefficient (Wildman–Crippen LogP) is -0.509. The first kappa shape index (κ1) is 10.1. The van der Waals surface area contributed by atoms with Gasteiger partial charge in [0.05, 0.1) is 0 Å². The first-order chi connectivity index (χ1) is 3.93. The van der Waals surface area contributed by atoms with Crippen LogP contribution in [0.3, 0.4) is 0 Å². The van der Waals surface area contributed by atoms with Gasteiger partial charge in [-0.3, -0.25) is 0 Å². The van der Waals surface area contributed by atoms with Crippen molar-refractivity contribution in [3.8, 4) is 0 Å². The van der Waals surface area contributed by atoms with E-state index in [1.54, 1.807) is 0 Å². The summed E-state index contributed by atoms with van der Waals surface area (Å²) >= 11 is 0. The average molecular weight is 146 g/mol. The molecule has 0 saturated carbocycles. The van der Waals surface area contributed by atoms with Gasteiger partial charge in [-0.2, -0.15) is 12.8 Å². The SMILES string of the molecule is C=CC1=CC[CH-]CC1.[K+]. The predicted molar refractivity (Wildman–Crippen MR) is 36.4 cm³/mol. The van der Waals surface area contributed by atoms with E-state index in [2.05, 4.69) is 19.1 Å². The molecule has 0 bridgehead atoms. The molecule has 1 aliphatic rings. The standard InChI is InChI=1S/C8H11.K/c1-2-8-6-4-3-5-7-8;/h2-3,6H,1,4-5,7H2;/q-1;+1. The molecule has 1 aliphatic carbocycles. The Morgan fingerprint density at radius 3 is 2.78 bits per heavy atom. The fourth-order valence-electron chi connectivity index (χ4n) is 0.909. The van der Waals surface area contributed by atoms with E-state index in [1.165, 1.54) is 18.4 Å². The molecule has 0 atom stereocenters. The van der Waals surface area contributed by atoms with Gasteiger partial charge in [-0.1, -0.05) is 24.6 Å². The summed E-state index contributed by atoms with van der Waals surface area (Å²) in [6.45, 7) is 3.70. The molecule has 9 heavy (non-hydrogen) atoms. The van der Waals surface area contributed by atoms with E-state index in [1.807, 2.05) is 6.08 Å². The smallest absolute Gasteiger partial charge is 0.324 e. The van der Waals surface area contributed by atoms with Crippen molar-refractivity contribution < 1.29 is 51.4 Å². The summed E-state index contributed by atoms with van der Waals surface area (Å²) in [4.78, 5) is 0. The molecular weight excluding hydrogens is 135 g/mol. The molecular formula is C8H11K. The van der Waals surface area contributed by atoms with Gasteiger partial charge in [0.25, 0.3) is 0 Å². The Kier molecular flexibility index (Phi) is 6.60. The van der Waals surface area contributed by atoms with E-state index in [9.17, 15) is 0 Å². The number of hydrogen-bond donors (Lipinski definition) is 0. The molecule has 1 heteroatoms. The first-order valence-electron chi connectivity index (χ1n) is 3.06. The zero-order valence-electron chi connectivity index (χ0n) is 6.06. The third-order valence-electron chi connectivity index (χ3n) is 1.45. The molecule has 0 fully saturated rings. The Morgan fingerprint density at radius 2 is 2.44 bits per heavy atom. The molecule has 1 rings (SSSR count). The minimum atomic E-state index is 0. The maximum atomic E-state index is 3.70. The maximum absolute atomic E-state index is 3.70. The fraction of sp³-hybridized carbons (Fsp3) is 0.375. The van der Waals surface area contributed by atoms with Crippen LogP contribution in [0.4, 0.5) is 0 Å². The molecule has 0 unspecified atom stereocenters. The van der Waals surface area contributed by atoms with Gasteiger partial charge in [-0.15, -0.1) is 6.08 Å². The summed E-state index contributed by atoms with van der Waals surface area (Å²) in [7, 11) is 0. The van der Waals surface area contributed by atoms with Crippen molar-refractivity contribution >= 4 is 0 Å².